The lowest BCUT2D eigenvalue weighted by molar-refractivity contribution is 0.0949. The molecule has 4 rings (SSSR count). The van der Waals surface area contributed by atoms with E-state index in [9.17, 15) is 17.6 Å². The predicted octanol–water partition coefficient (Wildman–Crippen LogP) is 5.45. The molecule has 0 N–H and O–H groups in total. The monoisotopic (exact) mass is 361 g/mol. The molecule has 1 nitrogen and oxygen atoms in total. The zero-order valence-corrected chi connectivity index (χ0v) is 14.2. The van der Waals surface area contributed by atoms with Crippen LogP contribution in [0.5, 0.6) is 0 Å². The van der Waals surface area contributed by atoms with E-state index in [1.165, 1.54) is 5.56 Å². The number of halogens is 4. The number of fused-ring (bicyclic) bond motifs is 2. The van der Waals surface area contributed by atoms with Crippen molar-refractivity contribution >= 4 is 5.57 Å². The minimum Gasteiger partial charge on any atom is -0.289 e. The van der Waals surface area contributed by atoms with Crippen molar-refractivity contribution < 1.29 is 17.6 Å². The van der Waals surface area contributed by atoms with Gasteiger partial charge in [-0.05, 0) is 30.4 Å². The van der Waals surface area contributed by atoms with Crippen molar-refractivity contribution in [3.05, 3.63) is 76.9 Å². The van der Waals surface area contributed by atoms with E-state index in [1.54, 1.807) is 6.08 Å². The largest absolute Gasteiger partial charge is 0.289 e. The first-order valence-electron chi connectivity index (χ1n) is 8.88. The van der Waals surface area contributed by atoms with Crippen LogP contribution in [0.4, 0.5) is 17.6 Å². The first-order valence-corrected chi connectivity index (χ1v) is 8.88. The zero-order chi connectivity index (χ0) is 18.3. The number of rotatable bonds is 3. The lowest BCUT2D eigenvalue weighted by Gasteiger charge is -2.45. The summed E-state index contributed by atoms with van der Waals surface area (Å²) in [6, 6.07) is 10.4. The van der Waals surface area contributed by atoms with E-state index < -0.39 is 28.8 Å². The molecule has 0 radical (unpaired) electrons. The van der Waals surface area contributed by atoms with E-state index in [0.29, 0.717) is 12.0 Å². The molecule has 5 heteroatoms. The second kappa shape index (κ2) is 6.88. The standard InChI is InChI=1S/C21H19F4N/c22-17-11-18(23)21(25)19(20(17)24)14-9-15-7-4-8-16(10-14)26(15)12-13-5-2-1-3-6-13/h1-3,5-6,9,11,15-16H,4,7-8,10,12H2. The Kier molecular flexibility index (Phi) is 4.57. The minimum atomic E-state index is -1.35. The molecule has 2 aliphatic rings. The molecule has 0 aliphatic carbocycles. The molecular weight excluding hydrogens is 342 g/mol. The third-order valence-electron chi connectivity index (χ3n) is 5.42. The van der Waals surface area contributed by atoms with Gasteiger partial charge in [-0.15, -0.1) is 0 Å². The fourth-order valence-electron chi connectivity index (χ4n) is 4.20. The van der Waals surface area contributed by atoms with E-state index in [4.69, 9.17) is 0 Å². The van der Waals surface area contributed by atoms with Crippen molar-refractivity contribution in [1.82, 2.24) is 4.90 Å². The van der Waals surface area contributed by atoms with E-state index >= 15 is 0 Å². The van der Waals surface area contributed by atoms with Crippen LogP contribution < -0.4 is 0 Å². The highest BCUT2D eigenvalue weighted by Crippen LogP contribution is 2.40. The van der Waals surface area contributed by atoms with Gasteiger partial charge >= 0.3 is 0 Å². The second-order valence-corrected chi connectivity index (χ2v) is 7.05. The predicted molar refractivity (Wildman–Crippen MR) is 92.3 cm³/mol. The van der Waals surface area contributed by atoms with Gasteiger partial charge < -0.3 is 0 Å². The van der Waals surface area contributed by atoms with Crippen molar-refractivity contribution in [1.29, 1.82) is 0 Å². The van der Waals surface area contributed by atoms with Gasteiger partial charge in [0.1, 0.15) is 0 Å². The zero-order valence-electron chi connectivity index (χ0n) is 14.2. The number of hydrogen-bond acceptors (Lipinski definition) is 1. The molecule has 2 unspecified atom stereocenters. The molecule has 2 aromatic rings. The van der Waals surface area contributed by atoms with E-state index in [0.717, 1.165) is 25.8 Å². The maximum Gasteiger partial charge on any atom is 0.169 e. The number of benzene rings is 2. The summed E-state index contributed by atoms with van der Waals surface area (Å²) in [4.78, 5) is 2.33. The Hall–Kier alpha value is -2.14. The number of hydrogen-bond donors (Lipinski definition) is 0. The molecule has 1 saturated heterocycles. The molecule has 136 valence electrons. The molecular formula is C21H19F4N. The molecule has 2 heterocycles. The molecule has 0 saturated carbocycles. The first kappa shape index (κ1) is 17.3. The van der Waals surface area contributed by atoms with E-state index in [1.807, 2.05) is 18.2 Å². The van der Waals surface area contributed by atoms with Gasteiger partial charge in [0.2, 0.25) is 0 Å². The summed E-state index contributed by atoms with van der Waals surface area (Å²) >= 11 is 0. The van der Waals surface area contributed by atoms with Crippen LogP contribution in [0, 0.1) is 23.3 Å². The molecule has 2 aliphatic heterocycles. The van der Waals surface area contributed by atoms with Crippen LogP contribution in [0.15, 0.2) is 42.5 Å². The topological polar surface area (TPSA) is 3.24 Å². The third-order valence-corrected chi connectivity index (χ3v) is 5.42. The van der Waals surface area contributed by atoms with Gasteiger partial charge in [0.15, 0.2) is 23.3 Å². The molecule has 2 atom stereocenters. The molecule has 26 heavy (non-hydrogen) atoms. The number of nitrogens with zero attached hydrogens (tertiary/aromatic N) is 1. The highest BCUT2D eigenvalue weighted by Gasteiger charge is 2.36. The fraction of sp³-hybridized carbons (Fsp3) is 0.333. The maximum absolute atomic E-state index is 14.2. The summed E-state index contributed by atoms with van der Waals surface area (Å²) in [5, 5.41) is 0. The Bertz CT molecular complexity index is 821. The molecule has 0 amide bonds. The Morgan fingerprint density at radius 2 is 1.62 bits per heavy atom. The van der Waals surface area contributed by atoms with Crippen molar-refractivity contribution in [3.8, 4) is 0 Å². The second-order valence-electron chi connectivity index (χ2n) is 7.05. The summed E-state index contributed by atoms with van der Waals surface area (Å²) in [7, 11) is 0. The summed E-state index contributed by atoms with van der Waals surface area (Å²) < 4.78 is 55.6. The summed E-state index contributed by atoms with van der Waals surface area (Å²) in [5.74, 6) is -5.30. The average Bonchev–Trinajstić information content (AvgIpc) is 2.61. The van der Waals surface area contributed by atoms with Gasteiger partial charge in [-0.1, -0.05) is 42.8 Å². The lowest BCUT2D eigenvalue weighted by atomic mass is 9.82. The summed E-state index contributed by atoms with van der Waals surface area (Å²) in [6.45, 7) is 0.752. The van der Waals surface area contributed by atoms with Crippen LogP contribution in [0.25, 0.3) is 5.57 Å². The maximum atomic E-state index is 14.2. The summed E-state index contributed by atoms with van der Waals surface area (Å²) in [5.41, 5.74) is 1.01. The van der Waals surface area contributed by atoms with Gasteiger partial charge in [0, 0.05) is 24.7 Å². The van der Waals surface area contributed by atoms with Gasteiger partial charge in [-0.25, -0.2) is 17.6 Å². The highest BCUT2D eigenvalue weighted by atomic mass is 19.2. The molecule has 1 fully saturated rings. The summed E-state index contributed by atoms with van der Waals surface area (Å²) in [6.07, 6.45) is 4.99. The van der Waals surface area contributed by atoms with Crippen molar-refractivity contribution in [2.75, 3.05) is 0 Å². The third kappa shape index (κ3) is 3.05. The van der Waals surface area contributed by atoms with E-state index in [2.05, 4.69) is 17.0 Å². The normalized spacial score (nSPS) is 23.0. The molecule has 2 aromatic carbocycles. The van der Waals surface area contributed by atoms with Crippen LogP contribution >= 0.6 is 0 Å². The van der Waals surface area contributed by atoms with Gasteiger partial charge in [0.05, 0.1) is 5.56 Å². The first-order chi connectivity index (χ1) is 12.5. The number of piperidine rings is 1. The smallest absolute Gasteiger partial charge is 0.169 e. The van der Waals surface area contributed by atoms with Crippen molar-refractivity contribution in [3.63, 3.8) is 0 Å². The quantitative estimate of drug-likeness (QED) is 0.519. The van der Waals surface area contributed by atoms with E-state index in [-0.39, 0.29) is 18.2 Å². The highest BCUT2D eigenvalue weighted by molar-refractivity contribution is 5.69. The van der Waals surface area contributed by atoms with Gasteiger partial charge in [-0.2, -0.15) is 0 Å². The lowest BCUT2D eigenvalue weighted by Crippen LogP contribution is -2.47. The Morgan fingerprint density at radius 3 is 2.27 bits per heavy atom. The van der Waals surface area contributed by atoms with Gasteiger partial charge in [-0.3, -0.25) is 4.90 Å². The molecule has 0 spiro atoms. The Morgan fingerprint density at radius 1 is 0.923 bits per heavy atom. The van der Waals surface area contributed by atoms with Crippen LogP contribution in [0.2, 0.25) is 0 Å². The van der Waals surface area contributed by atoms with Crippen LogP contribution in [-0.4, -0.2) is 17.0 Å². The molecule has 2 bridgehead atoms. The van der Waals surface area contributed by atoms with Crippen molar-refractivity contribution in [2.45, 2.75) is 44.3 Å². The van der Waals surface area contributed by atoms with Crippen molar-refractivity contribution in [2.24, 2.45) is 0 Å². The van der Waals surface area contributed by atoms with Crippen LogP contribution in [0.1, 0.15) is 36.8 Å². The average molecular weight is 361 g/mol. The van der Waals surface area contributed by atoms with Gasteiger partial charge in [0.25, 0.3) is 0 Å². The fourth-order valence-corrected chi connectivity index (χ4v) is 4.20. The minimum absolute atomic E-state index is 0.0165. The molecule has 0 aromatic heterocycles. The van der Waals surface area contributed by atoms with Crippen LogP contribution in [-0.2, 0) is 6.54 Å². The van der Waals surface area contributed by atoms with Crippen LogP contribution in [0.3, 0.4) is 0 Å². The Balaban J connectivity index is 1.69. The SMILES string of the molecule is Fc1cc(F)c(F)c(C2=CC3CCCC(C2)N3Cc2ccccc2)c1F. The Labute approximate surface area is 149 Å².